The highest BCUT2D eigenvalue weighted by Gasteiger charge is 2.22. The van der Waals surface area contributed by atoms with Gasteiger partial charge in [-0.2, -0.15) is 0 Å². The molecule has 0 radical (unpaired) electrons. The summed E-state index contributed by atoms with van der Waals surface area (Å²) in [6, 6.07) is 7.62. The van der Waals surface area contributed by atoms with Gasteiger partial charge in [0.2, 0.25) is 11.8 Å². The van der Waals surface area contributed by atoms with Crippen molar-refractivity contribution >= 4 is 11.8 Å². The predicted octanol–water partition coefficient (Wildman–Crippen LogP) is 2.35. The molecule has 0 bridgehead atoms. The van der Waals surface area contributed by atoms with Crippen LogP contribution in [0.15, 0.2) is 24.3 Å². The zero-order chi connectivity index (χ0) is 16.7. The minimum Gasteiger partial charge on any atom is -0.496 e. The average Bonchev–Trinajstić information content (AvgIpc) is 2.60. The maximum absolute atomic E-state index is 12.2. The summed E-state index contributed by atoms with van der Waals surface area (Å²) in [5, 5.41) is 2.79. The highest BCUT2D eigenvalue weighted by atomic mass is 16.5. The molecule has 2 amide bonds. The number of nitrogens with one attached hydrogen (secondary N) is 1. The van der Waals surface area contributed by atoms with Crippen molar-refractivity contribution in [1.82, 2.24) is 10.2 Å². The number of carbonyl (C=O) groups is 2. The van der Waals surface area contributed by atoms with Crippen molar-refractivity contribution in [2.75, 3.05) is 20.7 Å². The third kappa shape index (κ3) is 4.98. The van der Waals surface area contributed by atoms with Gasteiger partial charge < -0.3 is 15.0 Å². The molecule has 0 aromatic heterocycles. The number of likely N-dealkylation sites (N-methyl/N-ethyl adjacent to an activating group) is 1. The summed E-state index contributed by atoms with van der Waals surface area (Å²) in [7, 11) is 3.35. The molecule has 0 spiro atoms. The number of para-hydroxylation sites is 1. The molecule has 1 aromatic rings. The van der Waals surface area contributed by atoms with Gasteiger partial charge in [-0.25, -0.2) is 0 Å². The number of nitrogens with zero attached hydrogens (tertiary/aromatic N) is 1. The quantitative estimate of drug-likeness (QED) is 0.876. The van der Waals surface area contributed by atoms with Crippen LogP contribution >= 0.6 is 0 Å². The van der Waals surface area contributed by atoms with Gasteiger partial charge in [0.15, 0.2) is 0 Å². The molecule has 1 aromatic carbocycles. The Hall–Kier alpha value is -2.04. The van der Waals surface area contributed by atoms with Crippen LogP contribution in [0.25, 0.3) is 0 Å². The fourth-order valence-corrected chi connectivity index (χ4v) is 2.98. The molecule has 0 saturated heterocycles. The number of hydrogen-bond donors (Lipinski definition) is 1. The van der Waals surface area contributed by atoms with Crippen molar-refractivity contribution in [3.05, 3.63) is 29.8 Å². The lowest BCUT2D eigenvalue weighted by atomic mass is 9.89. The molecule has 23 heavy (non-hydrogen) atoms. The zero-order valence-electron chi connectivity index (χ0n) is 14.0. The molecule has 1 aliphatic rings. The lowest BCUT2D eigenvalue weighted by Crippen LogP contribution is -2.40. The van der Waals surface area contributed by atoms with Crippen LogP contribution in [0.4, 0.5) is 0 Å². The highest BCUT2D eigenvalue weighted by Crippen LogP contribution is 2.23. The van der Waals surface area contributed by atoms with E-state index in [1.165, 1.54) is 6.42 Å². The van der Waals surface area contributed by atoms with E-state index < -0.39 is 0 Å². The SMILES string of the molecule is COc1ccccc1CN(C)C(=O)CNC(=O)C1CCCCC1. The van der Waals surface area contributed by atoms with Gasteiger partial charge in [0.25, 0.3) is 0 Å². The summed E-state index contributed by atoms with van der Waals surface area (Å²) in [5.74, 6) is 0.762. The molecule has 2 rings (SSSR count). The first-order valence-corrected chi connectivity index (χ1v) is 8.25. The topological polar surface area (TPSA) is 58.6 Å². The molecular weight excluding hydrogens is 292 g/mol. The summed E-state index contributed by atoms with van der Waals surface area (Å²) in [6.45, 7) is 0.517. The van der Waals surface area contributed by atoms with Gasteiger partial charge in [-0.1, -0.05) is 37.5 Å². The Balaban J connectivity index is 1.81. The summed E-state index contributed by atoms with van der Waals surface area (Å²) < 4.78 is 5.30. The molecule has 1 N–H and O–H groups in total. The van der Waals surface area contributed by atoms with E-state index in [0.29, 0.717) is 6.54 Å². The Kier molecular flexibility index (Phi) is 6.44. The van der Waals surface area contributed by atoms with Crippen LogP contribution in [0.1, 0.15) is 37.7 Å². The second kappa shape index (κ2) is 8.56. The van der Waals surface area contributed by atoms with Crippen molar-refractivity contribution in [3.8, 4) is 5.75 Å². The highest BCUT2D eigenvalue weighted by molar-refractivity contribution is 5.85. The van der Waals surface area contributed by atoms with Crippen LogP contribution in [-0.4, -0.2) is 37.4 Å². The Labute approximate surface area is 138 Å². The van der Waals surface area contributed by atoms with Crippen LogP contribution in [0.2, 0.25) is 0 Å². The van der Waals surface area contributed by atoms with Gasteiger partial charge in [0.1, 0.15) is 5.75 Å². The molecule has 126 valence electrons. The van der Waals surface area contributed by atoms with Crippen LogP contribution in [0.5, 0.6) is 5.75 Å². The summed E-state index contributed by atoms with van der Waals surface area (Å²) in [5.41, 5.74) is 0.949. The summed E-state index contributed by atoms with van der Waals surface area (Å²) in [6.07, 6.45) is 5.32. The molecule has 0 aliphatic heterocycles. The molecule has 5 nitrogen and oxygen atoms in total. The molecule has 0 unspecified atom stereocenters. The number of amides is 2. The van der Waals surface area contributed by atoms with Crippen LogP contribution in [0.3, 0.4) is 0 Å². The first-order valence-electron chi connectivity index (χ1n) is 8.25. The van der Waals surface area contributed by atoms with Crippen molar-refractivity contribution < 1.29 is 14.3 Å². The van der Waals surface area contributed by atoms with Crippen molar-refractivity contribution in [3.63, 3.8) is 0 Å². The van der Waals surface area contributed by atoms with Crippen LogP contribution in [-0.2, 0) is 16.1 Å². The summed E-state index contributed by atoms with van der Waals surface area (Å²) >= 11 is 0. The van der Waals surface area contributed by atoms with E-state index in [1.807, 2.05) is 24.3 Å². The third-order valence-electron chi connectivity index (χ3n) is 4.42. The zero-order valence-corrected chi connectivity index (χ0v) is 14.0. The van der Waals surface area contributed by atoms with Gasteiger partial charge >= 0.3 is 0 Å². The maximum atomic E-state index is 12.2. The minimum atomic E-state index is -0.0972. The number of carbonyl (C=O) groups excluding carboxylic acids is 2. The van der Waals surface area contributed by atoms with E-state index >= 15 is 0 Å². The normalized spacial score (nSPS) is 15.0. The van der Waals surface area contributed by atoms with E-state index in [1.54, 1.807) is 19.1 Å². The van der Waals surface area contributed by atoms with Crippen molar-refractivity contribution in [2.45, 2.75) is 38.6 Å². The van der Waals surface area contributed by atoms with Crippen molar-refractivity contribution in [2.24, 2.45) is 5.92 Å². The summed E-state index contributed by atoms with van der Waals surface area (Å²) in [4.78, 5) is 25.9. The lowest BCUT2D eigenvalue weighted by molar-refractivity contribution is -0.133. The van der Waals surface area contributed by atoms with Gasteiger partial charge in [0, 0.05) is 25.1 Å². The standard InChI is InChI=1S/C18H26N2O3/c1-20(13-15-10-6-7-11-16(15)23-2)17(21)12-19-18(22)14-8-4-3-5-9-14/h6-7,10-11,14H,3-5,8-9,12-13H2,1-2H3,(H,19,22). The number of hydrogen-bond acceptors (Lipinski definition) is 3. The monoisotopic (exact) mass is 318 g/mol. The average molecular weight is 318 g/mol. The van der Waals surface area contributed by atoms with Gasteiger partial charge in [-0.05, 0) is 18.9 Å². The van der Waals surface area contributed by atoms with Crippen molar-refractivity contribution in [1.29, 1.82) is 0 Å². The van der Waals surface area contributed by atoms with Gasteiger partial charge in [-0.15, -0.1) is 0 Å². The molecule has 0 atom stereocenters. The van der Waals surface area contributed by atoms with E-state index in [2.05, 4.69) is 5.32 Å². The molecular formula is C18H26N2O3. The van der Waals surface area contributed by atoms with Crippen LogP contribution < -0.4 is 10.1 Å². The molecule has 5 heteroatoms. The fraction of sp³-hybridized carbons (Fsp3) is 0.556. The van der Waals surface area contributed by atoms with E-state index in [4.69, 9.17) is 4.74 Å². The van der Waals surface area contributed by atoms with Gasteiger partial charge in [-0.3, -0.25) is 9.59 Å². The van der Waals surface area contributed by atoms with E-state index in [9.17, 15) is 9.59 Å². The number of ether oxygens (including phenoxy) is 1. The smallest absolute Gasteiger partial charge is 0.242 e. The second-order valence-electron chi connectivity index (χ2n) is 6.11. The maximum Gasteiger partial charge on any atom is 0.242 e. The second-order valence-corrected chi connectivity index (χ2v) is 6.11. The first-order chi connectivity index (χ1) is 11.1. The predicted molar refractivity (Wildman–Crippen MR) is 89.1 cm³/mol. The molecule has 0 heterocycles. The molecule has 1 aliphatic carbocycles. The number of benzene rings is 1. The Bertz CT molecular complexity index is 539. The fourth-order valence-electron chi connectivity index (χ4n) is 2.98. The third-order valence-corrected chi connectivity index (χ3v) is 4.42. The Morgan fingerprint density at radius 2 is 1.91 bits per heavy atom. The van der Waals surface area contributed by atoms with Crippen LogP contribution in [0, 0.1) is 5.92 Å². The first kappa shape index (κ1) is 17.3. The Morgan fingerprint density at radius 3 is 2.61 bits per heavy atom. The van der Waals surface area contributed by atoms with E-state index in [0.717, 1.165) is 37.0 Å². The lowest BCUT2D eigenvalue weighted by Gasteiger charge is -2.22. The largest absolute Gasteiger partial charge is 0.496 e. The minimum absolute atomic E-state index is 0.0174. The van der Waals surface area contributed by atoms with Gasteiger partial charge in [0.05, 0.1) is 13.7 Å². The number of rotatable bonds is 6. The number of methoxy groups -OCH3 is 1. The molecule has 1 fully saturated rings. The molecule has 1 saturated carbocycles. The Morgan fingerprint density at radius 1 is 1.22 bits per heavy atom. The van der Waals surface area contributed by atoms with E-state index in [-0.39, 0.29) is 24.3 Å².